The van der Waals surface area contributed by atoms with Crippen molar-refractivity contribution in [3.8, 4) is 10.6 Å². The van der Waals surface area contributed by atoms with E-state index < -0.39 is 0 Å². The topological polar surface area (TPSA) is 33.2 Å². The second-order valence-corrected chi connectivity index (χ2v) is 8.09. The van der Waals surface area contributed by atoms with Crippen molar-refractivity contribution in [2.24, 2.45) is 5.92 Å². The first-order valence-corrected chi connectivity index (χ1v) is 10.0. The molecule has 2 aromatic rings. The Morgan fingerprint density at radius 2 is 1.88 bits per heavy atom. The lowest BCUT2D eigenvalue weighted by molar-refractivity contribution is 0.0386. The molecule has 5 heteroatoms. The Balaban J connectivity index is 1.55. The maximum Gasteiger partial charge on any atom is 0.273 e. The van der Waals surface area contributed by atoms with E-state index in [1.807, 2.05) is 29.6 Å². The van der Waals surface area contributed by atoms with E-state index in [0.717, 1.165) is 30.0 Å². The third-order valence-corrected chi connectivity index (χ3v) is 6.46. The zero-order valence-corrected chi connectivity index (χ0v) is 15.2. The monoisotopic (exact) mass is 360 g/mol. The fourth-order valence-corrected chi connectivity index (χ4v) is 5.05. The number of carbonyl (C=O) groups excluding carboxylic acids is 1. The first-order valence-electron chi connectivity index (χ1n) is 8.75. The summed E-state index contributed by atoms with van der Waals surface area (Å²) < 4.78 is 0. The fraction of sp³-hybridized carbons (Fsp3) is 0.474. The van der Waals surface area contributed by atoms with E-state index in [1.54, 1.807) is 0 Å². The van der Waals surface area contributed by atoms with Crippen molar-refractivity contribution in [2.75, 3.05) is 6.54 Å². The van der Waals surface area contributed by atoms with Gasteiger partial charge in [-0.1, -0.05) is 36.6 Å². The van der Waals surface area contributed by atoms with E-state index in [9.17, 15) is 4.79 Å². The van der Waals surface area contributed by atoms with Crippen molar-refractivity contribution < 1.29 is 4.79 Å². The average molecular weight is 361 g/mol. The minimum absolute atomic E-state index is 0.114. The van der Waals surface area contributed by atoms with E-state index in [4.69, 9.17) is 11.6 Å². The zero-order valence-electron chi connectivity index (χ0n) is 13.6. The van der Waals surface area contributed by atoms with Crippen molar-refractivity contribution in [1.29, 1.82) is 0 Å². The number of rotatable bonds is 2. The second kappa shape index (κ2) is 6.85. The van der Waals surface area contributed by atoms with E-state index in [1.165, 1.54) is 37.0 Å². The highest BCUT2D eigenvalue weighted by Crippen LogP contribution is 2.36. The molecule has 24 heavy (non-hydrogen) atoms. The summed E-state index contributed by atoms with van der Waals surface area (Å²) in [6.07, 6.45) is 7.41. The zero-order chi connectivity index (χ0) is 16.5. The number of hydrogen-bond donors (Lipinski definition) is 0. The summed E-state index contributed by atoms with van der Waals surface area (Å²) in [6, 6.07) is 8.05. The van der Waals surface area contributed by atoms with Gasteiger partial charge in [0.25, 0.3) is 5.91 Å². The molecule has 2 fully saturated rings. The molecule has 0 bridgehead atoms. The third kappa shape index (κ3) is 3.09. The number of carbonyl (C=O) groups is 1. The number of thiazole rings is 1. The van der Waals surface area contributed by atoms with Crippen LogP contribution < -0.4 is 0 Å². The van der Waals surface area contributed by atoms with Crippen LogP contribution in [0.3, 0.4) is 0 Å². The largest absolute Gasteiger partial charge is 0.334 e. The van der Waals surface area contributed by atoms with Crippen molar-refractivity contribution in [3.63, 3.8) is 0 Å². The van der Waals surface area contributed by atoms with E-state index in [2.05, 4.69) is 9.88 Å². The Morgan fingerprint density at radius 1 is 1.12 bits per heavy atom. The minimum atomic E-state index is 0.114. The van der Waals surface area contributed by atoms with Gasteiger partial charge in [0.2, 0.25) is 0 Å². The molecule has 0 radical (unpaired) electrons. The van der Waals surface area contributed by atoms with E-state index in [0.29, 0.717) is 22.7 Å². The van der Waals surface area contributed by atoms with Gasteiger partial charge in [-0.15, -0.1) is 11.3 Å². The average Bonchev–Trinajstić information content (AvgIpc) is 3.11. The van der Waals surface area contributed by atoms with Crippen LogP contribution in [0.1, 0.15) is 49.0 Å². The quantitative estimate of drug-likeness (QED) is 0.732. The molecule has 3 nitrogen and oxygen atoms in total. The molecule has 1 aromatic carbocycles. The van der Waals surface area contributed by atoms with Gasteiger partial charge in [-0.05, 0) is 43.7 Å². The number of likely N-dealkylation sites (tertiary alicyclic amines) is 1. The molecule has 0 spiro atoms. The Morgan fingerprint density at radius 3 is 2.71 bits per heavy atom. The Kier molecular flexibility index (Phi) is 4.59. The van der Waals surface area contributed by atoms with Gasteiger partial charge < -0.3 is 4.90 Å². The number of benzene rings is 1. The van der Waals surface area contributed by atoms with Crippen LogP contribution in [0.25, 0.3) is 10.6 Å². The fourth-order valence-electron chi connectivity index (χ4n) is 4.12. The van der Waals surface area contributed by atoms with Gasteiger partial charge in [0, 0.05) is 28.6 Å². The first kappa shape index (κ1) is 16.1. The molecule has 1 saturated heterocycles. The van der Waals surface area contributed by atoms with Gasteiger partial charge in [0.1, 0.15) is 10.7 Å². The van der Waals surface area contributed by atoms with Gasteiger partial charge in [-0.25, -0.2) is 4.98 Å². The first-order chi connectivity index (χ1) is 11.7. The number of hydrogen-bond acceptors (Lipinski definition) is 3. The molecule has 1 aliphatic heterocycles. The lowest BCUT2D eigenvalue weighted by Gasteiger charge is -2.43. The van der Waals surface area contributed by atoms with Crippen molar-refractivity contribution in [1.82, 2.24) is 9.88 Å². The molecule has 0 N–H and O–H groups in total. The molecule has 2 heterocycles. The lowest BCUT2D eigenvalue weighted by Crippen LogP contribution is -2.49. The Hall–Kier alpha value is -1.39. The van der Waals surface area contributed by atoms with Gasteiger partial charge in [0.05, 0.1) is 0 Å². The van der Waals surface area contributed by atoms with Gasteiger partial charge in [-0.2, -0.15) is 0 Å². The van der Waals surface area contributed by atoms with Crippen LogP contribution in [0.15, 0.2) is 29.6 Å². The highest BCUT2D eigenvalue weighted by molar-refractivity contribution is 7.13. The van der Waals surface area contributed by atoms with Crippen LogP contribution in [0.4, 0.5) is 0 Å². The summed E-state index contributed by atoms with van der Waals surface area (Å²) in [5.41, 5.74) is 1.61. The summed E-state index contributed by atoms with van der Waals surface area (Å²) >= 11 is 7.47. The molecule has 1 aliphatic carbocycles. The highest BCUT2D eigenvalue weighted by atomic mass is 35.5. The highest BCUT2D eigenvalue weighted by Gasteiger charge is 2.36. The summed E-state index contributed by atoms with van der Waals surface area (Å²) in [5.74, 6) is 0.814. The standard InChI is InChI=1S/C19H21ClN2OS/c20-15-9-7-14(8-10-15)18-21-16(12-24-18)19(23)22-11-3-5-13-4-1-2-6-17(13)22/h7-10,12-13,17H,1-6,11H2/t13-,17+/m1/s1. The molecule has 4 rings (SSSR count). The van der Waals surface area contributed by atoms with E-state index in [-0.39, 0.29) is 5.91 Å². The van der Waals surface area contributed by atoms with Crippen LogP contribution in [-0.4, -0.2) is 28.4 Å². The molecule has 2 aliphatic rings. The molecule has 0 unspecified atom stereocenters. The van der Waals surface area contributed by atoms with Gasteiger partial charge in [0.15, 0.2) is 0 Å². The van der Waals surface area contributed by atoms with Gasteiger partial charge >= 0.3 is 0 Å². The summed E-state index contributed by atoms with van der Waals surface area (Å²) in [7, 11) is 0. The lowest BCUT2D eigenvalue weighted by atomic mass is 9.78. The van der Waals surface area contributed by atoms with Crippen LogP contribution in [0.2, 0.25) is 5.02 Å². The van der Waals surface area contributed by atoms with Crippen molar-refractivity contribution in [3.05, 3.63) is 40.4 Å². The summed E-state index contributed by atoms with van der Waals surface area (Å²) in [6.45, 7) is 0.883. The number of aromatic nitrogens is 1. The van der Waals surface area contributed by atoms with Crippen molar-refractivity contribution in [2.45, 2.75) is 44.6 Å². The SMILES string of the molecule is O=C(c1csc(-c2ccc(Cl)cc2)n1)N1CCC[C@H]2CCCC[C@@H]21. The number of piperidine rings is 1. The summed E-state index contributed by atoms with van der Waals surface area (Å²) in [4.78, 5) is 19.7. The van der Waals surface area contributed by atoms with Crippen LogP contribution in [0.5, 0.6) is 0 Å². The molecule has 1 saturated carbocycles. The second-order valence-electron chi connectivity index (χ2n) is 6.80. The normalized spacial score (nSPS) is 23.8. The Bertz CT molecular complexity index is 725. The number of halogens is 1. The van der Waals surface area contributed by atoms with E-state index >= 15 is 0 Å². The molecular formula is C19H21ClN2OS. The number of fused-ring (bicyclic) bond motifs is 1. The molecule has 1 aromatic heterocycles. The smallest absolute Gasteiger partial charge is 0.273 e. The van der Waals surface area contributed by atoms with Gasteiger partial charge in [-0.3, -0.25) is 4.79 Å². The molecular weight excluding hydrogens is 340 g/mol. The Labute approximate surface area is 151 Å². The predicted octanol–water partition coefficient (Wildman–Crippen LogP) is 5.26. The van der Waals surface area contributed by atoms with Crippen LogP contribution in [-0.2, 0) is 0 Å². The molecule has 2 atom stereocenters. The summed E-state index contributed by atoms with van der Waals surface area (Å²) in [5, 5.41) is 3.49. The maximum absolute atomic E-state index is 13.0. The van der Waals surface area contributed by atoms with Crippen LogP contribution >= 0.6 is 22.9 Å². The third-order valence-electron chi connectivity index (χ3n) is 5.32. The maximum atomic E-state index is 13.0. The minimum Gasteiger partial charge on any atom is -0.334 e. The number of amides is 1. The predicted molar refractivity (Wildman–Crippen MR) is 98.6 cm³/mol. The van der Waals surface area contributed by atoms with Crippen molar-refractivity contribution >= 4 is 28.8 Å². The molecule has 126 valence electrons. The number of nitrogens with zero attached hydrogens (tertiary/aromatic N) is 2. The van der Waals surface area contributed by atoms with Crippen LogP contribution in [0, 0.1) is 5.92 Å². The molecule has 1 amide bonds.